The van der Waals surface area contributed by atoms with Gasteiger partial charge in [0.2, 0.25) is 10.0 Å². The molecule has 8 nitrogen and oxygen atoms in total. The lowest BCUT2D eigenvalue weighted by Gasteiger charge is -2.38. The number of anilines is 2. The van der Waals surface area contributed by atoms with Gasteiger partial charge in [-0.2, -0.15) is 8.42 Å². The number of hydrogen-bond acceptors (Lipinski definition) is 7. The Morgan fingerprint density at radius 1 is 0.786 bits per heavy atom. The van der Waals surface area contributed by atoms with Crippen molar-refractivity contribution in [1.82, 2.24) is 4.90 Å². The first kappa shape index (κ1) is 31.7. The second kappa shape index (κ2) is 13.9. The van der Waals surface area contributed by atoms with Crippen LogP contribution in [0.3, 0.4) is 0 Å². The lowest BCUT2D eigenvalue weighted by molar-refractivity contribution is 0.209. The lowest BCUT2D eigenvalue weighted by atomic mass is 9.87. The fraction of sp³-hybridized carbons (Fsp3) is 0.375. The number of allylic oxidation sites excluding steroid dienone is 1. The Morgan fingerprint density at radius 3 is 1.88 bits per heavy atom. The van der Waals surface area contributed by atoms with Crippen molar-refractivity contribution in [2.75, 3.05) is 54.9 Å². The lowest BCUT2D eigenvalue weighted by Crippen LogP contribution is -2.48. The summed E-state index contributed by atoms with van der Waals surface area (Å²) >= 11 is 0. The third kappa shape index (κ3) is 9.16. The molecule has 226 valence electrons. The third-order valence-electron chi connectivity index (χ3n) is 7.34. The predicted molar refractivity (Wildman–Crippen MR) is 173 cm³/mol. The van der Waals surface area contributed by atoms with E-state index in [1.165, 1.54) is 5.69 Å². The number of hydrogen-bond donors (Lipinski definition) is 1. The van der Waals surface area contributed by atoms with Gasteiger partial charge in [-0.1, -0.05) is 54.6 Å². The number of nitrogens with zero attached hydrogens (tertiary/aromatic N) is 2. The van der Waals surface area contributed by atoms with Crippen LogP contribution < -0.4 is 9.62 Å². The van der Waals surface area contributed by atoms with Gasteiger partial charge in [0.05, 0.1) is 19.1 Å². The van der Waals surface area contributed by atoms with E-state index in [0.717, 1.165) is 66.5 Å². The molecule has 42 heavy (non-hydrogen) atoms. The van der Waals surface area contributed by atoms with Crippen LogP contribution in [0.5, 0.6) is 0 Å². The molecular formula is C32H41N3O5S2. The van der Waals surface area contributed by atoms with Crippen molar-refractivity contribution >= 4 is 42.7 Å². The van der Waals surface area contributed by atoms with Crippen LogP contribution in [0.15, 0.2) is 78.9 Å². The normalized spacial score (nSPS) is 15.5. The molecular weight excluding hydrogens is 571 g/mol. The van der Waals surface area contributed by atoms with Gasteiger partial charge in [-0.25, -0.2) is 8.42 Å². The molecule has 3 aromatic carbocycles. The van der Waals surface area contributed by atoms with E-state index in [4.69, 9.17) is 4.18 Å². The molecule has 0 spiro atoms. The van der Waals surface area contributed by atoms with E-state index in [0.29, 0.717) is 24.6 Å². The fourth-order valence-corrected chi connectivity index (χ4v) is 6.27. The number of sulfonamides is 1. The zero-order valence-corrected chi connectivity index (χ0v) is 26.4. The molecule has 0 saturated carbocycles. The maximum Gasteiger partial charge on any atom is 0.264 e. The first-order chi connectivity index (χ1) is 19.9. The minimum atomic E-state index is -3.53. The molecule has 1 aliphatic heterocycles. The van der Waals surface area contributed by atoms with Gasteiger partial charge >= 0.3 is 0 Å². The topological polar surface area (TPSA) is 96.0 Å². The molecule has 0 aromatic heterocycles. The van der Waals surface area contributed by atoms with Gasteiger partial charge in [0, 0.05) is 43.6 Å². The summed E-state index contributed by atoms with van der Waals surface area (Å²) < 4.78 is 54.3. The molecule has 1 fully saturated rings. The molecule has 1 aliphatic rings. The van der Waals surface area contributed by atoms with Gasteiger partial charge in [-0.05, 0) is 78.8 Å². The van der Waals surface area contributed by atoms with Crippen LogP contribution in [0.1, 0.15) is 43.4 Å². The molecule has 3 aromatic rings. The molecule has 1 heterocycles. The number of piperazine rings is 1. The highest BCUT2D eigenvalue weighted by molar-refractivity contribution is 7.92. The highest BCUT2D eigenvalue weighted by Gasteiger charge is 2.20. The zero-order valence-electron chi connectivity index (χ0n) is 24.8. The standard InChI is InChI=1S/C32H41N3O5S2/c1-25(2)34-20-22-35(23-21-34)30-18-14-28(15-19-30)32(27-12-16-29(17-13-27)33-41(3,36)37)31(26-9-6-5-7-10-26)11-8-24-40-42(4,38)39/h5-7,9-10,12-19,25,33H,8,11,20-24H2,1-4H3/b32-31-. The van der Waals surface area contributed by atoms with Gasteiger partial charge in [0.15, 0.2) is 0 Å². The molecule has 1 N–H and O–H groups in total. The Kier molecular flexibility index (Phi) is 10.5. The van der Waals surface area contributed by atoms with E-state index in [1.54, 1.807) is 12.1 Å². The average molecular weight is 612 g/mol. The summed E-state index contributed by atoms with van der Waals surface area (Å²) in [5.41, 5.74) is 6.69. The summed E-state index contributed by atoms with van der Waals surface area (Å²) in [5, 5.41) is 0. The summed E-state index contributed by atoms with van der Waals surface area (Å²) in [4.78, 5) is 4.91. The van der Waals surface area contributed by atoms with Gasteiger partial charge in [-0.3, -0.25) is 13.8 Å². The molecule has 0 atom stereocenters. The molecule has 0 amide bonds. The first-order valence-electron chi connectivity index (χ1n) is 14.2. The maximum atomic E-state index is 11.8. The SMILES string of the molecule is CC(C)N1CCN(c2ccc(/C(=C(/CCCOS(C)(=O)=O)c3ccccc3)c3ccc(NS(C)(=O)=O)cc3)cc2)CC1. The molecule has 0 unspecified atom stereocenters. The number of nitrogens with one attached hydrogen (secondary N) is 1. The number of rotatable bonds is 12. The fourth-order valence-electron chi connectivity index (χ4n) is 5.28. The van der Waals surface area contributed by atoms with Crippen LogP contribution in [0.2, 0.25) is 0 Å². The van der Waals surface area contributed by atoms with E-state index in [9.17, 15) is 16.8 Å². The second-order valence-corrected chi connectivity index (χ2v) is 14.4. The van der Waals surface area contributed by atoms with Gasteiger partial charge in [0.1, 0.15) is 0 Å². The van der Waals surface area contributed by atoms with Crippen LogP contribution in [-0.4, -0.2) is 73.1 Å². The quantitative estimate of drug-likeness (QED) is 0.169. The summed E-state index contributed by atoms with van der Waals surface area (Å²) in [6.45, 7) is 8.58. The van der Waals surface area contributed by atoms with E-state index in [1.807, 2.05) is 30.3 Å². The highest BCUT2D eigenvalue weighted by Crippen LogP contribution is 2.36. The minimum Gasteiger partial charge on any atom is -0.369 e. The first-order valence-corrected chi connectivity index (χ1v) is 17.9. The van der Waals surface area contributed by atoms with Crippen molar-refractivity contribution in [3.8, 4) is 0 Å². The van der Waals surface area contributed by atoms with Crippen molar-refractivity contribution < 1.29 is 21.0 Å². The van der Waals surface area contributed by atoms with Crippen molar-refractivity contribution in [2.24, 2.45) is 0 Å². The van der Waals surface area contributed by atoms with Crippen molar-refractivity contribution in [3.05, 3.63) is 95.6 Å². The molecule has 0 radical (unpaired) electrons. The summed E-state index contributed by atoms with van der Waals surface area (Å²) in [5.74, 6) is 0. The summed E-state index contributed by atoms with van der Waals surface area (Å²) in [6.07, 6.45) is 3.27. The molecule has 0 aliphatic carbocycles. The second-order valence-electron chi connectivity index (χ2n) is 11.0. The Labute approximate surface area is 251 Å². The van der Waals surface area contributed by atoms with Crippen LogP contribution in [-0.2, 0) is 24.3 Å². The van der Waals surface area contributed by atoms with Crippen LogP contribution in [0.25, 0.3) is 11.1 Å². The summed E-state index contributed by atoms with van der Waals surface area (Å²) in [6, 6.07) is 26.5. The van der Waals surface area contributed by atoms with E-state index >= 15 is 0 Å². The van der Waals surface area contributed by atoms with E-state index in [2.05, 4.69) is 64.8 Å². The Hall–Kier alpha value is -3.18. The largest absolute Gasteiger partial charge is 0.369 e. The Morgan fingerprint density at radius 2 is 1.36 bits per heavy atom. The van der Waals surface area contributed by atoms with Crippen molar-refractivity contribution in [2.45, 2.75) is 32.7 Å². The molecule has 10 heteroatoms. The Balaban J connectivity index is 1.74. The number of benzene rings is 3. The molecule has 0 bridgehead atoms. The van der Waals surface area contributed by atoms with Crippen molar-refractivity contribution in [3.63, 3.8) is 0 Å². The van der Waals surface area contributed by atoms with Crippen LogP contribution >= 0.6 is 0 Å². The molecule has 1 saturated heterocycles. The van der Waals surface area contributed by atoms with Crippen LogP contribution in [0.4, 0.5) is 11.4 Å². The molecule has 4 rings (SSSR count). The predicted octanol–water partition coefficient (Wildman–Crippen LogP) is 5.30. The minimum absolute atomic E-state index is 0.0843. The summed E-state index contributed by atoms with van der Waals surface area (Å²) in [7, 11) is -6.94. The average Bonchev–Trinajstić information content (AvgIpc) is 2.95. The van der Waals surface area contributed by atoms with Gasteiger partial charge < -0.3 is 4.90 Å². The van der Waals surface area contributed by atoms with Crippen molar-refractivity contribution in [1.29, 1.82) is 0 Å². The smallest absolute Gasteiger partial charge is 0.264 e. The monoisotopic (exact) mass is 611 g/mol. The van der Waals surface area contributed by atoms with E-state index < -0.39 is 20.1 Å². The van der Waals surface area contributed by atoms with Crippen LogP contribution in [0, 0.1) is 0 Å². The Bertz CT molecular complexity index is 1560. The maximum absolute atomic E-state index is 11.8. The highest BCUT2D eigenvalue weighted by atomic mass is 32.2. The van der Waals surface area contributed by atoms with Gasteiger partial charge in [-0.15, -0.1) is 0 Å². The third-order valence-corrected chi connectivity index (χ3v) is 8.54. The van der Waals surface area contributed by atoms with E-state index in [-0.39, 0.29) is 6.61 Å². The van der Waals surface area contributed by atoms with Gasteiger partial charge in [0.25, 0.3) is 10.1 Å². The zero-order chi connectivity index (χ0) is 30.3.